The maximum Gasteiger partial charge on any atom is 0.181 e. The molecule has 0 saturated heterocycles. The van der Waals surface area contributed by atoms with Gasteiger partial charge in [-0.3, -0.25) is 0 Å². The van der Waals surface area contributed by atoms with Crippen LogP contribution in [-0.2, 0) is 0 Å². The molecule has 3 heterocycles. The van der Waals surface area contributed by atoms with Gasteiger partial charge < -0.3 is 4.90 Å². The third kappa shape index (κ3) is 5.95. The molecule has 0 N–H and O–H groups in total. The Morgan fingerprint density at radius 3 is 1.57 bits per heavy atom. The molecule has 0 amide bonds. The minimum Gasteiger partial charge on any atom is -0.309 e. The lowest BCUT2D eigenvalue weighted by atomic mass is 9.98. The Morgan fingerprint density at radius 2 is 0.855 bits per heavy atom. The van der Waals surface area contributed by atoms with Crippen LogP contribution in [0.5, 0.6) is 0 Å². The molecule has 0 atom stereocenters. The molecule has 0 fully saturated rings. The molecule has 5 heteroatoms. The van der Waals surface area contributed by atoms with Gasteiger partial charge in [-0.1, -0.05) is 224 Å². The first kappa shape index (κ1) is 40.5. The van der Waals surface area contributed by atoms with E-state index >= 15 is 0 Å². The molecule has 2 aliphatic heterocycles. The van der Waals surface area contributed by atoms with Gasteiger partial charge in [0.15, 0.2) is 16.1 Å². The lowest BCUT2D eigenvalue weighted by molar-refractivity contribution is 1.31. The third-order valence-electron chi connectivity index (χ3n) is 14.9. The first-order valence-electron chi connectivity index (χ1n) is 23.7. The fraction of sp³-hybridized carbons (Fsp3) is 0. The average molecular weight is 946 g/mol. The monoisotopic (exact) mass is 945 g/mol. The maximum absolute atomic E-state index is 3.06. The summed E-state index contributed by atoms with van der Waals surface area (Å²) in [4.78, 5) is 5.30. The summed E-state index contributed by atoms with van der Waals surface area (Å²) in [6, 6.07) is 99.6. The van der Waals surface area contributed by atoms with E-state index in [1.807, 2.05) is 23.1 Å². The predicted octanol–water partition coefficient (Wildman–Crippen LogP) is 11.9. The number of hydrogen-bond acceptors (Lipinski definition) is 3. The first-order chi connectivity index (χ1) is 34.2. The van der Waals surface area contributed by atoms with Crippen molar-refractivity contribution in [1.29, 1.82) is 0 Å². The fourth-order valence-corrected chi connectivity index (χ4v) is 27.6. The molecule has 324 valence electrons. The number of nitrogens with zero attached hydrogens (tertiary/aromatic N) is 1. The molecule has 69 heavy (non-hydrogen) atoms. The van der Waals surface area contributed by atoms with Crippen LogP contribution in [0.3, 0.4) is 0 Å². The van der Waals surface area contributed by atoms with Crippen molar-refractivity contribution in [2.45, 2.75) is 9.79 Å². The standard InChI is InChI=1S/C64H43NS2Si2/c1-3-21-48(22-4-1)68(49-23-5-2-6-24-49)60-35-15-16-36-61(60)69(58-33-13-11-31-56(58)66-57-32-12-14-34-59(57)69)62-42-41-47(43-63(62)68)65(54-29-18-28-53-52-26-9-10-30-55(52)67-64(53)54)46-39-37-45(38-40-46)51-27-17-20-44-19-7-8-25-50(44)51/h1-43H. The Hall–Kier alpha value is -7.52. The lowest BCUT2D eigenvalue weighted by Crippen LogP contribution is -2.93. The molecule has 1 nitrogen and oxygen atoms in total. The smallest absolute Gasteiger partial charge is 0.181 e. The van der Waals surface area contributed by atoms with Gasteiger partial charge in [-0.15, -0.1) is 11.3 Å². The van der Waals surface area contributed by atoms with Crippen molar-refractivity contribution in [3.63, 3.8) is 0 Å². The summed E-state index contributed by atoms with van der Waals surface area (Å²) in [5.41, 5.74) is 5.93. The van der Waals surface area contributed by atoms with E-state index in [2.05, 4.69) is 266 Å². The summed E-state index contributed by atoms with van der Waals surface area (Å²) in [6.45, 7) is 0. The number of fused-ring (bicyclic) bond motifs is 12. The summed E-state index contributed by atoms with van der Waals surface area (Å²) in [7, 11) is -6.02. The molecule has 0 bridgehead atoms. The molecule has 0 aliphatic carbocycles. The molecule has 0 unspecified atom stereocenters. The van der Waals surface area contributed by atoms with Crippen LogP contribution in [0.25, 0.3) is 42.1 Å². The highest BCUT2D eigenvalue weighted by Gasteiger charge is 2.58. The Morgan fingerprint density at radius 1 is 0.333 bits per heavy atom. The SMILES string of the molecule is c1ccc([Si]2(c3ccccc3)c3ccccc3[Si]3(c4ccccc4Sc4ccccc43)c3ccc(N(c4ccc(-c5cccc6ccccc56)cc4)c4cccc5c4sc4ccccc45)cc32)cc1. The molecule has 1 spiro atoms. The van der Waals surface area contributed by atoms with Crippen LogP contribution in [0.2, 0.25) is 0 Å². The maximum atomic E-state index is 2.66. The average Bonchev–Trinajstić information content (AvgIpc) is 3.81. The van der Waals surface area contributed by atoms with Gasteiger partial charge >= 0.3 is 0 Å². The molecule has 11 aromatic carbocycles. The van der Waals surface area contributed by atoms with Crippen LogP contribution in [0.15, 0.2) is 271 Å². The van der Waals surface area contributed by atoms with Crippen LogP contribution in [0.4, 0.5) is 17.1 Å². The minimum atomic E-state index is -3.06. The van der Waals surface area contributed by atoms with E-state index in [9.17, 15) is 0 Å². The molecule has 2 aliphatic rings. The number of thiophene rings is 1. The van der Waals surface area contributed by atoms with Crippen LogP contribution < -0.4 is 46.4 Å². The van der Waals surface area contributed by atoms with Crippen molar-refractivity contribution in [3.05, 3.63) is 261 Å². The van der Waals surface area contributed by atoms with Crippen molar-refractivity contribution in [1.82, 2.24) is 0 Å². The summed E-state index contributed by atoms with van der Waals surface area (Å²) >= 11 is 3.83. The highest BCUT2D eigenvalue weighted by atomic mass is 32.2. The second kappa shape index (κ2) is 16.0. The summed E-state index contributed by atoms with van der Waals surface area (Å²) < 4.78 is 2.58. The van der Waals surface area contributed by atoms with E-state index in [1.165, 1.54) is 99.0 Å². The van der Waals surface area contributed by atoms with Crippen LogP contribution in [-0.4, -0.2) is 16.1 Å². The van der Waals surface area contributed by atoms with Gasteiger partial charge in [0.1, 0.15) is 0 Å². The van der Waals surface area contributed by atoms with Crippen molar-refractivity contribution < 1.29 is 0 Å². The van der Waals surface area contributed by atoms with E-state index < -0.39 is 16.1 Å². The predicted molar refractivity (Wildman–Crippen MR) is 302 cm³/mol. The lowest BCUT2D eigenvalue weighted by Gasteiger charge is -2.50. The van der Waals surface area contributed by atoms with E-state index in [0.29, 0.717) is 0 Å². The molecule has 14 rings (SSSR count). The Balaban J connectivity index is 1.10. The largest absolute Gasteiger partial charge is 0.309 e. The summed E-state index contributed by atoms with van der Waals surface area (Å²) in [5, 5.41) is 16.8. The molecular formula is C64H43NS2Si2. The second-order valence-corrected chi connectivity index (χ2v) is 27.8. The van der Waals surface area contributed by atoms with E-state index in [-0.39, 0.29) is 0 Å². The summed E-state index contributed by atoms with van der Waals surface area (Å²) in [6.07, 6.45) is 0. The Labute approximate surface area is 412 Å². The Bertz CT molecular complexity index is 3870. The van der Waals surface area contributed by atoms with E-state index in [0.717, 1.165) is 11.4 Å². The topological polar surface area (TPSA) is 3.24 Å². The number of rotatable bonds is 6. The van der Waals surface area contributed by atoms with Gasteiger partial charge in [-0.2, -0.15) is 0 Å². The van der Waals surface area contributed by atoms with Gasteiger partial charge in [0.05, 0.1) is 10.4 Å². The van der Waals surface area contributed by atoms with Crippen LogP contribution in [0.1, 0.15) is 0 Å². The number of anilines is 3. The van der Waals surface area contributed by atoms with E-state index in [4.69, 9.17) is 0 Å². The van der Waals surface area contributed by atoms with E-state index in [1.54, 1.807) is 0 Å². The van der Waals surface area contributed by atoms with Crippen molar-refractivity contribution in [3.8, 4) is 11.1 Å². The Kier molecular flexibility index (Phi) is 9.43. The molecule has 0 radical (unpaired) electrons. The minimum absolute atomic E-state index is 1.13. The fourth-order valence-electron chi connectivity index (χ4n) is 12.1. The zero-order valence-electron chi connectivity index (χ0n) is 37.6. The van der Waals surface area contributed by atoms with Crippen molar-refractivity contribution in [2.24, 2.45) is 0 Å². The highest BCUT2D eigenvalue weighted by Crippen LogP contribution is 2.45. The number of benzene rings is 11. The summed E-state index contributed by atoms with van der Waals surface area (Å²) in [5.74, 6) is 0. The zero-order chi connectivity index (χ0) is 45.5. The first-order valence-corrected chi connectivity index (χ1v) is 29.4. The van der Waals surface area contributed by atoms with Crippen LogP contribution in [0, 0.1) is 0 Å². The second-order valence-electron chi connectivity index (χ2n) is 18.3. The molecule has 1 aromatic heterocycles. The van der Waals surface area contributed by atoms with Gasteiger partial charge in [0, 0.05) is 36.6 Å². The van der Waals surface area contributed by atoms with Gasteiger partial charge in [-0.25, -0.2) is 0 Å². The molecule has 12 aromatic rings. The normalized spacial score (nSPS) is 14.0. The molecular weight excluding hydrogens is 903 g/mol. The number of hydrogen-bond donors (Lipinski definition) is 0. The zero-order valence-corrected chi connectivity index (χ0v) is 41.2. The van der Waals surface area contributed by atoms with Crippen molar-refractivity contribution in [2.75, 3.05) is 4.90 Å². The molecule has 0 saturated carbocycles. The van der Waals surface area contributed by atoms with Gasteiger partial charge in [-0.05, 0) is 112 Å². The highest BCUT2D eigenvalue weighted by molar-refractivity contribution is 8.00. The third-order valence-corrected chi connectivity index (χ3v) is 27.9. The van der Waals surface area contributed by atoms with Gasteiger partial charge in [0.2, 0.25) is 0 Å². The van der Waals surface area contributed by atoms with Crippen molar-refractivity contribution >= 4 is 129 Å². The quantitative estimate of drug-likeness (QED) is 0.153. The van der Waals surface area contributed by atoms with Crippen LogP contribution >= 0.6 is 23.1 Å². The van der Waals surface area contributed by atoms with Gasteiger partial charge in [0.25, 0.3) is 0 Å².